The van der Waals surface area contributed by atoms with E-state index < -0.39 is 12.1 Å². The second-order valence-corrected chi connectivity index (χ2v) is 18.3. The van der Waals surface area contributed by atoms with Gasteiger partial charge in [0.05, 0.1) is 18.8 Å². The molecule has 2 unspecified atom stereocenters. The van der Waals surface area contributed by atoms with Gasteiger partial charge in [-0.2, -0.15) is 0 Å². The van der Waals surface area contributed by atoms with E-state index in [9.17, 15) is 15.0 Å². The minimum atomic E-state index is -0.859. The van der Waals surface area contributed by atoms with Crippen LogP contribution in [0.15, 0.2) is 24.3 Å². The van der Waals surface area contributed by atoms with Gasteiger partial charge in [0.25, 0.3) is 0 Å². The molecule has 0 aromatic heterocycles. The Labute approximate surface area is 364 Å². The van der Waals surface area contributed by atoms with Gasteiger partial charge in [-0.1, -0.05) is 282 Å². The minimum Gasteiger partial charge on any atom is -0.394 e. The van der Waals surface area contributed by atoms with E-state index in [1.165, 1.54) is 244 Å². The van der Waals surface area contributed by atoms with Crippen LogP contribution in [-0.4, -0.2) is 34.9 Å². The van der Waals surface area contributed by atoms with Crippen LogP contribution in [0.4, 0.5) is 0 Å². The number of unbranched alkanes of at least 4 members (excludes halogenated alkanes) is 40. The number of carbonyl (C=O) groups excluding carboxylic acids is 1. The molecule has 4 heteroatoms. The van der Waals surface area contributed by atoms with Gasteiger partial charge >= 0.3 is 0 Å². The van der Waals surface area contributed by atoms with Crippen molar-refractivity contribution >= 4 is 5.91 Å². The zero-order valence-electron chi connectivity index (χ0n) is 39.6. The van der Waals surface area contributed by atoms with Crippen molar-refractivity contribution in [3.8, 4) is 0 Å². The molecule has 0 saturated carbocycles. The van der Waals surface area contributed by atoms with Crippen molar-refractivity contribution in [1.82, 2.24) is 5.32 Å². The Hall–Kier alpha value is -1.13. The molecule has 3 N–H and O–H groups in total. The Morgan fingerprint density at radius 2 is 0.672 bits per heavy atom. The molecule has 4 nitrogen and oxygen atoms in total. The number of aliphatic hydroxyl groups is 2. The molecule has 0 saturated heterocycles. The summed E-state index contributed by atoms with van der Waals surface area (Å²) in [5, 5.41) is 23.1. The number of allylic oxidation sites excluding steroid dienone is 3. The summed E-state index contributed by atoms with van der Waals surface area (Å²) in [6, 6.07) is -0.636. The van der Waals surface area contributed by atoms with Crippen LogP contribution < -0.4 is 5.32 Å². The van der Waals surface area contributed by atoms with Gasteiger partial charge in [0.1, 0.15) is 0 Å². The number of nitrogens with one attached hydrogen (secondary N) is 1. The van der Waals surface area contributed by atoms with Crippen molar-refractivity contribution in [3.63, 3.8) is 0 Å². The standard InChI is InChI=1S/C54H105NO3/c1-3-5-7-9-11-13-15-17-19-21-23-25-26-27-28-30-31-33-35-37-39-41-43-45-47-49-53(57)52(51-56)55-54(58)50-48-46-44-42-40-38-36-34-32-29-24-22-20-18-16-14-12-10-8-6-4-2/h39,41,47,49,52-53,56-57H,3-38,40,42-46,48,50-51H2,1-2H3,(H,55,58)/b41-39+,49-47+. The summed E-state index contributed by atoms with van der Waals surface area (Å²) in [7, 11) is 0. The van der Waals surface area contributed by atoms with E-state index in [0.29, 0.717) is 6.42 Å². The predicted molar refractivity (Wildman–Crippen MR) is 258 cm³/mol. The van der Waals surface area contributed by atoms with E-state index in [0.717, 1.165) is 32.1 Å². The van der Waals surface area contributed by atoms with Crippen molar-refractivity contribution in [2.45, 2.75) is 309 Å². The molecular formula is C54H105NO3. The van der Waals surface area contributed by atoms with E-state index >= 15 is 0 Å². The summed E-state index contributed by atoms with van der Waals surface area (Å²) in [4.78, 5) is 12.4. The zero-order chi connectivity index (χ0) is 42.1. The summed E-state index contributed by atoms with van der Waals surface area (Å²) < 4.78 is 0. The minimum absolute atomic E-state index is 0.0675. The summed E-state index contributed by atoms with van der Waals surface area (Å²) in [5.74, 6) is -0.0675. The highest BCUT2D eigenvalue weighted by atomic mass is 16.3. The van der Waals surface area contributed by atoms with Crippen LogP contribution in [0.25, 0.3) is 0 Å². The maximum Gasteiger partial charge on any atom is 0.220 e. The third kappa shape index (κ3) is 45.9. The van der Waals surface area contributed by atoms with E-state index in [-0.39, 0.29) is 12.5 Å². The SMILES string of the molecule is CCCCCCCCCCCCCCCCCCCCC/C=C/CC/C=C/C(O)C(CO)NC(=O)CCCCCCCCCCCCCCCCCCCCCCC. The monoisotopic (exact) mass is 816 g/mol. The average Bonchev–Trinajstić information content (AvgIpc) is 3.23. The third-order valence-electron chi connectivity index (χ3n) is 12.4. The number of hydrogen-bond donors (Lipinski definition) is 3. The van der Waals surface area contributed by atoms with Crippen LogP contribution in [0.3, 0.4) is 0 Å². The van der Waals surface area contributed by atoms with Gasteiger partial charge in [-0.3, -0.25) is 4.79 Å². The molecule has 0 aliphatic carbocycles. The molecule has 0 heterocycles. The largest absolute Gasteiger partial charge is 0.394 e. The molecule has 0 aliphatic heterocycles. The van der Waals surface area contributed by atoms with Crippen molar-refractivity contribution < 1.29 is 15.0 Å². The lowest BCUT2D eigenvalue weighted by Gasteiger charge is -2.19. The fraction of sp³-hybridized carbons (Fsp3) is 0.907. The smallest absolute Gasteiger partial charge is 0.220 e. The molecule has 0 aliphatic rings. The molecule has 1 amide bonds. The van der Waals surface area contributed by atoms with Crippen LogP contribution in [0.2, 0.25) is 0 Å². The number of aliphatic hydroxyl groups excluding tert-OH is 2. The van der Waals surface area contributed by atoms with E-state index in [1.54, 1.807) is 6.08 Å². The number of rotatable bonds is 49. The molecule has 58 heavy (non-hydrogen) atoms. The highest BCUT2D eigenvalue weighted by Crippen LogP contribution is 2.17. The molecular weight excluding hydrogens is 711 g/mol. The fourth-order valence-electron chi connectivity index (χ4n) is 8.37. The lowest BCUT2D eigenvalue weighted by molar-refractivity contribution is -0.123. The van der Waals surface area contributed by atoms with Crippen molar-refractivity contribution in [2.24, 2.45) is 0 Å². The number of hydrogen-bond acceptors (Lipinski definition) is 3. The van der Waals surface area contributed by atoms with E-state index in [4.69, 9.17) is 0 Å². The summed E-state index contributed by atoms with van der Waals surface area (Å²) in [6.07, 6.45) is 66.1. The molecule has 0 rings (SSSR count). The Morgan fingerprint density at radius 3 is 1.00 bits per heavy atom. The van der Waals surface area contributed by atoms with E-state index in [1.807, 2.05) is 6.08 Å². The first-order chi connectivity index (χ1) is 28.7. The second-order valence-electron chi connectivity index (χ2n) is 18.3. The quantitative estimate of drug-likeness (QED) is 0.0423. The van der Waals surface area contributed by atoms with Crippen LogP contribution in [-0.2, 0) is 4.79 Å². The Morgan fingerprint density at radius 1 is 0.397 bits per heavy atom. The third-order valence-corrected chi connectivity index (χ3v) is 12.4. The average molecular weight is 816 g/mol. The lowest BCUT2D eigenvalue weighted by Crippen LogP contribution is -2.45. The van der Waals surface area contributed by atoms with Gasteiger partial charge in [0.15, 0.2) is 0 Å². The first kappa shape index (κ1) is 56.9. The van der Waals surface area contributed by atoms with Crippen LogP contribution in [0.5, 0.6) is 0 Å². The molecule has 2 atom stereocenters. The normalized spacial score (nSPS) is 13.0. The highest BCUT2D eigenvalue weighted by molar-refractivity contribution is 5.76. The van der Waals surface area contributed by atoms with Gasteiger partial charge in [-0.05, 0) is 32.1 Å². The summed E-state index contributed by atoms with van der Waals surface area (Å²) in [5.41, 5.74) is 0. The van der Waals surface area contributed by atoms with Gasteiger partial charge in [-0.15, -0.1) is 0 Å². The van der Waals surface area contributed by atoms with Gasteiger partial charge in [0, 0.05) is 6.42 Å². The maximum atomic E-state index is 12.4. The van der Waals surface area contributed by atoms with Gasteiger partial charge < -0.3 is 15.5 Å². The Balaban J connectivity index is 3.51. The van der Waals surface area contributed by atoms with E-state index in [2.05, 4.69) is 31.3 Å². The zero-order valence-corrected chi connectivity index (χ0v) is 39.6. The molecule has 0 bridgehead atoms. The van der Waals surface area contributed by atoms with Crippen LogP contribution in [0.1, 0.15) is 296 Å². The number of carbonyl (C=O) groups is 1. The summed E-state index contributed by atoms with van der Waals surface area (Å²) in [6.45, 7) is 4.33. The molecule has 0 spiro atoms. The molecule has 344 valence electrons. The van der Waals surface area contributed by atoms with Crippen LogP contribution >= 0.6 is 0 Å². The van der Waals surface area contributed by atoms with Crippen molar-refractivity contribution in [1.29, 1.82) is 0 Å². The topological polar surface area (TPSA) is 69.6 Å². The van der Waals surface area contributed by atoms with Gasteiger partial charge in [-0.25, -0.2) is 0 Å². The fourth-order valence-corrected chi connectivity index (χ4v) is 8.37. The lowest BCUT2D eigenvalue weighted by atomic mass is 10.0. The molecule has 0 radical (unpaired) electrons. The van der Waals surface area contributed by atoms with Gasteiger partial charge in [0.2, 0.25) is 5.91 Å². The van der Waals surface area contributed by atoms with Crippen molar-refractivity contribution in [2.75, 3.05) is 6.61 Å². The summed E-state index contributed by atoms with van der Waals surface area (Å²) >= 11 is 0. The maximum absolute atomic E-state index is 12.4. The second kappa shape index (κ2) is 50.2. The van der Waals surface area contributed by atoms with Crippen LogP contribution in [0, 0.1) is 0 Å². The predicted octanol–water partition coefficient (Wildman–Crippen LogP) is 17.1. The first-order valence-corrected chi connectivity index (χ1v) is 26.6. The Bertz CT molecular complexity index is 840. The molecule has 0 fully saturated rings. The highest BCUT2D eigenvalue weighted by Gasteiger charge is 2.18. The first-order valence-electron chi connectivity index (χ1n) is 26.6. The molecule has 0 aromatic rings. The van der Waals surface area contributed by atoms with Crippen molar-refractivity contribution in [3.05, 3.63) is 24.3 Å². The number of amides is 1. The molecule has 0 aromatic carbocycles. The Kier molecular flexibility index (Phi) is 49.2.